The number of thiophene rings is 1. The fraction of sp³-hybridized carbons (Fsp3) is 0.192. The van der Waals surface area contributed by atoms with Gasteiger partial charge in [0.25, 0.3) is 0 Å². The minimum absolute atomic E-state index is 0.154. The second kappa shape index (κ2) is 9.24. The van der Waals surface area contributed by atoms with Crippen LogP contribution in [0.2, 0.25) is 0 Å². The average molecular weight is 471 g/mol. The number of rotatable bonds is 7. The molecule has 0 saturated heterocycles. The molecule has 0 bridgehead atoms. The van der Waals surface area contributed by atoms with Crippen molar-refractivity contribution in [1.29, 1.82) is 0 Å². The standard InChI is InChI=1S/C26H26N6OS/c1-28-25-22-23(32(2)15-30-22)24-20(31-25)13-21(34-24)18-10-6-9-17(11-18)14-29-26(33)19(27)12-16-7-4-3-5-8-16/h3-11,13,15,19H,12,14,27H2,1-2H3,(H,28,31)(H,29,33)/t19-/m1/s1. The van der Waals surface area contributed by atoms with Crippen LogP contribution in [0.1, 0.15) is 11.1 Å². The van der Waals surface area contributed by atoms with Crippen LogP contribution in [0.25, 0.3) is 31.7 Å². The Kier molecular flexibility index (Phi) is 6.00. The van der Waals surface area contributed by atoms with Gasteiger partial charge in [-0.1, -0.05) is 48.5 Å². The zero-order valence-electron chi connectivity index (χ0n) is 19.1. The maximum absolute atomic E-state index is 12.5. The van der Waals surface area contributed by atoms with Crippen LogP contribution < -0.4 is 16.4 Å². The molecule has 3 aromatic heterocycles. The summed E-state index contributed by atoms with van der Waals surface area (Å²) in [7, 11) is 3.86. The number of anilines is 1. The molecule has 0 unspecified atom stereocenters. The van der Waals surface area contributed by atoms with Gasteiger partial charge in [0.15, 0.2) is 5.82 Å². The van der Waals surface area contributed by atoms with E-state index < -0.39 is 6.04 Å². The quantitative estimate of drug-likeness (QED) is 0.333. The monoisotopic (exact) mass is 470 g/mol. The smallest absolute Gasteiger partial charge is 0.237 e. The van der Waals surface area contributed by atoms with Gasteiger partial charge in [-0.15, -0.1) is 11.3 Å². The Morgan fingerprint density at radius 2 is 1.91 bits per heavy atom. The van der Waals surface area contributed by atoms with Crippen LogP contribution in [0, 0.1) is 0 Å². The number of imidazole rings is 1. The molecule has 0 aliphatic heterocycles. The fourth-order valence-corrected chi connectivity index (χ4v) is 5.29. The summed E-state index contributed by atoms with van der Waals surface area (Å²) < 4.78 is 3.14. The van der Waals surface area contributed by atoms with Crippen molar-refractivity contribution in [3.63, 3.8) is 0 Å². The molecule has 5 rings (SSSR count). The number of nitrogens with two attached hydrogens (primary N) is 1. The number of pyridine rings is 1. The topological polar surface area (TPSA) is 97.9 Å². The van der Waals surface area contributed by atoms with Crippen molar-refractivity contribution >= 4 is 44.3 Å². The average Bonchev–Trinajstić information content (AvgIpc) is 3.46. The van der Waals surface area contributed by atoms with E-state index in [9.17, 15) is 4.79 Å². The molecule has 7 nitrogen and oxygen atoms in total. The summed E-state index contributed by atoms with van der Waals surface area (Å²) in [6.45, 7) is 0.425. The van der Waals surface area contributed by atoms with Gasteiger partial charge >= 0.3 is 0 Å². The Hall–Kier alpha value is -3.75. The number of nitrogens with one attached hydrogen (secondary N) is 2. The number of hydrogen-bond acceptors (Lipinski definition) is 6. The van der Waals surface area contributed by atoms with Crippen molar-refractivity contribution in [2.75, 3.05) is 12.4 Å². The number of aromatic nitrogens is 3. The molecule has 0 fully saturated rings. The molecular weight excluding hydrogens is 444 g/mol. The second-order valence-corrected chi connectivity index (χ2v) is 9.35. The summed E-state index contributed by atoms with van der Waals surface area (Å²) in [6, 6.07) is 19.6. The van der Waals surface area contributed by atoms with E-state index in [1.807, 2.05) is 67.5 Å². The summed E-state index contributed by atoms with van der Waals surface area (Å²) >= 11 is 1.70. The lowest BCUT2D eigenvalue weighted by Crippen LogP contribution is -2.41. The predicted octanol–water partition coefficient (Wildman–Crippen LogP) is 4.08. The third-order valence-corrected chi connectivity index (χ3v) is 7.05. The van der Waals surface area contributed by atoms with Crippen LogP contribution in [-0.2, 0) is 24.8 Å². The van der Waals surface area contributed by atoms with Crippen molar-refractivity contribution in [3.8, 4) is 10.4 Å². The summed E-state index contributed by atoms with van der Waals surface area (Å²) in [4.78, 5) is 22.9. The highest BCUT2D eigenvalue weighted by atomic mass is 32.1. The lowest BCUT2D eigenvalue weighted by Gasteiger charge is -2.13. The Balaban J connectivity index is 1.35. The molecule has 0 saturated carbocycles. The summed E-state index contributed by atoms with van der Waals surface area (Å²) in [5.74, 6) is 0.620. The van der Waals surface area contributed by atoms with Crippen molar-refractivity contribution < 1.29 is 4.79 Å². The summed E-state index contributed by atoms with van der Waals surface area (Å²) in [5, 5.41) is 6.13. The second-order valence-electron chi connectivity index (χ2n) is 8.30. The predicted molar refractivity (Wildman–Crippen MR) is 139 cm³/mol. The number of fused-ring (bicyclic) bond motifs is 3. The van der Waals surface area contributed by atoms with Crippen LogP contribution in [0.15, 0.2) is 67.0 Å². The number of carbonyl (C=O) groups excluding carboxylic acids is 1. The molecule has 0 aliphatic rings. The largest absolute Gasteiger partial charge is 0.371 e. The molecule has 34 heavy (non-hydrogen) atoms. The number of carbonyl (C=O) groups is 1. The van der Waals surface area contributed by atoms with E-state index in [0.717, 1.165) is 48.6 Å². The van der Waals surface area contributed by atoms with Crippen LogP contribution in [0.3, 0.4) is 0 Å². The Labute approximate surface area is 201 Å². The zero-order chi connectivity index (χ0) is 23.7. The van der Waals surface area contributed by atoms with Crippen LogP contribution in [0.4, 0.5) is 5.82 Å². The number of aryl methyl sites for hydroxylation is 1. The van der Waals surface area contributed by atoms with E-state index in [1.165, 1.54) is 0 Å². The highest BCUT2D eigenvalue weighted by Crippen LogP contribution is 2.38. The van der Waals surface area contributed by atoms with Gasteiger partial charge in [0.2, 0.25) is 5.91 Å². The maximum atomic E-state index is 12.5. The minimum Gasteiger partial charge on any atom is -0.371 e. The third-order valence-electron chi connectivity index (χ3n) is 5.87. The highest BCUT2D eigenvalue weighted by Gasteiger charge is 2.16. The molecule has 0 spiro atoms. The van der Waals surface area contributed by atoms with E-state index in [4.69, 9.17) is 10.7 Å². The molecule has 0 radical (unpaired) electrons. The minimum atomic E-state index is -0.582. The van der Waals surface area contributed by atoms with Gasteiger partial charge < -0.3 is 20.9 Å². The molecule has 5 aromatic rings. The molecule has 4 N–H and O–H groups in total. The van der Waals surface area contributed by atoms with Gasteiger partial charge in [-0.3, -0.25) is 4.79 Å². The first kappa shape index (κ1) is 22.1. The van der Waals surface area contributed by atoms with E-state index >= 15 is 0 Å². The van der Waals surface area contributed by atoms with Gasteiger partial charge in [0.05, 0.1) is 28.1 Å². The SMILES string of the molecule is CNc1nc2cc(-c3cccc(CNC(=O)[C@H](N)Cc4ccccc4)c3)sc2c2c1ncn2C. The first-order valence-corrected chi connectivity index (χ1v) is 11.9. The molecule has 2 aromatic carbocycles. The molecule has 1 atom stereocenters. The Morgan fingerprint density at radius 1 is 1.12 bits per heavy atom. The van der Waals surface area contributed by atoms with Gasteiger partial charge in [-0.05, 0) is 35.2 Å². The van der Waals surface area contributed by atoms with E-state index in [0.29, 0.717) is 13.0 Å². The number of nitrogens with zero attached hydrogens (tertiary/aromatic N) is 3. The maximum Gasteiger partial charge on any atom is 0.237 e. The summed E-state index contributed by atoms with van der Waals surface area (Å²) in [5.41, 5.74) is 12.2. The summed E-state index contributed by atoms with van der Waals surface area (Å²) in [6.07, 6.45) is 2.33. The number of amides is 1. The van der Waals surface area contributed by atoms with E-state index in [1.54, 1.807) is 11.3 Å². The van der Waals surface area contributed by atoms with Gasteiger partial charge in [-0.25, -0.2) is 9.97 Å². The van der Waals surface area contributed by atoms with Gasteiger partial charge in [0.1, 0.15) is 5.52 Å². The van der Waals surface area contributed by atoms with Crippen LogP contribution in [-0.4, -0.2) is 33.5 Å². The van der Waals surface area contributed by atoms with Gasteiger partial charge in [-0.2, -0.15) is 0 Å². The fourth-order valence-electron chi connectivity index (χ4n) is 4.11. The molecule has 172 valence electrons. The van der Waals surface area contributed by atoms with Crippen molar-refractivity contribution in [2.24, 2.45) is 12.8 Å². The van der Waals surface area contributed by atoms with Gasteiger partial charge in [0, 0.05) is 25.5 Å². The number of benzene rings is 2. The van der Waals surface area contributed by atoms with Crippen molar-refractivity contribution in [1.82, 2.24) is 19.9 Å². The van der Waals surface area contributed by atoms with Crippen molar-refractivity contribution in [3.05, 3.63) is 78.1 Å². The Bertz CT molecular complexity index is 1470. The lowest BCUT2D eigenvalue weighted by molar-refractivity contribution is -0.122. The third kappa shape index (κ3) is 4.25. The Morgan fingerprint density at radius 3 is 2.71 bits per heavy atom. The molecule has 3 heterocycles. The normalized spacial score (nSPS) is 12.2. The van der Waals surface area contributed by atoms with Crippen LogP contribution in [0.5, 0.6) is 0 Å². The lowest BCUT2D eigenvalue weighted by atomic mass is 10.1. The van der Waals surface area contributed by atoms with Crippen LogP contribution >= 0.6 is 11.3 Å². The first-order chi connectivity index (χ1) is 16.5. The molecule has 1 amide bonds. The first-order valence-electron chi connectivity index (χ1n) is 11.1. The zero-order valence-corrected chi connectivity index (χ0v) is 19.9. The van der Waals surface area contributed by atoms with E-state index in [-0.39, 0.29) is 5.91 Å². The number of hydrogen-bond donors (Lipinski definition) is 3. The van der Waals surface area contributed by atoms with Crippen molar-refractivity contribution in [2.45, 2.75) is 19.0 Å². The molecule has 0 aliphatic carbocycles. The highest BCUT2D eigenvalue weighted by molar-refractivity contribution is 7.23. The molecular formula is C26H26N6OS. The van der Waals surface area contributed by atoms with E-state index in [2.05, 4.69) is 33.8 Å². The molecule has 8 heteroatoms.